The zero-order chi connectivity index (χ0) is 11.3. The van der Waals surface area contributed by atoms with Crippen molar-refractivity contribution in [2.75, 3.05) is 31.6 Å². The Kier molecular flexibility index (Phi) is 5.58. The first-order valence-electron chi connectivity index (χ1n) is 6.09. The number of hydrogen-bond donors (Lipinski definition) is 1. The Morgan fingerprint density at radius 3 is 2.47 bits per heavy atom. The second-order valence-electron chi connectivity index (χ2n) is 4.91. The molecule has 1 N–H and O–H groups in total. The second-order valence-corrected chi connectivity index (χ2v) is 5.47. The summed E-state index contributed by atoms with van der Waals surface area (Å²) in [5, 5.41) is 10.2. The van der Waals surface area contributed by atoms with Crippen LogP contribution in [0.2, 0.25) is 0 Å². The summed E-state index contributed by atoms with van der Waals surface area (Å²) in [6.07, 6.45) is 3.63. The predicted octanol–water partition coefficient (Wildman–Crippen LogP) is 2.50. The van der Waals surface area contributed by atoms with Crippen LogP contribution in [0.1, 0.15) is 33.1 Å². The lowest BCUT2D eigenvalue weighted by atomic mass is 9.84. The first-order valence-corrected chi connectivity index (χ1v) is 7.21. The van der Waals surface area contributed by atoms with Crippen LogP contribution in [0.25, 0.3) is 0 Å². The van der Waals surface area contributed by atoms with E-state index in [4.69, 9.17) is 5.11 Å². The van der Waals surface area contributed by atoms with E-state index < -0.39 is 0 Å². The first kappa shape index (κ1) is 13.5. The lowest BCUT2D eigenvalue weighted by Gasteiger charge is -2.34. The molecule has 1 fully saturated rings. The van der Waals surface area contributed by atoms with Gasteiger partial charge in [0.05, 0.1) is 0 Å². The van der Waals surface area contributed by atoms with Gasteiger partial charge in [-0.15, -0.1) is 0 Å². The Morgan fingerprint density at radius 1 is 1.40 bits per heavy atom. The summed E-state index contributed by atoms with van der Waals surface area (Å²) in [4.78, 5) is 2.52. The minimum atomic E-state index is 0.357. The van der Waals surface area contributed by atoms with E-state index in [1.807, 2.05) is 0 Å². The number of aliphatic hydroxyl groups excluding tert-OH is 1. The zero-order valence-electron chi connectivity index (χ0n) is 10.0. The van der Waals surface area contributed by atoms with E-state index in [1.54, 1.807) is 0 Å². The van der Waals surface area contributed by atoms with Gasteiger partial charge in [0.25, 0.3) is 0 Å². The van der Waals surface area contributed by atoms with Crippen LogP contribution in [0, 0.1) is 11.3 Å². The van der Waals surface area contributed by atoms with E-state index in [0.29, 0.717) is 17.9 Å². The highest BCUT2D eigenvalue weighted by molar-refractivity contribution is 9.09. The monoisotopic (exact) mass is 277 g/mol. The van der Waals surface area contributed by atoms with Gasteiger partial charge < -0.3 is 10.0 Å². The molecular formula is C12H24BrNO. The molecule has 15 heavy (non-hydrogen) atoms. The van der Waals surface area contributed by atoms with Crippen molar-refractivity contribution in [1.82, 2.24) is 4.90 Å². The van der Waals surface area contributed by atoms with Crippen LogP contribution in [0.3, 0.4) is 0 Å². The summed E-state index contributed by atoms with van der Waals surface area (Å²) >= 11 is 3.66. The number of nitrogens with zero attached hydrogens (tertiary/aromatic N) is 1. The molecule has 0 aromatic carbocycles. The van der Waals surface area contributed by atoms with Crippen LogP contribution >= 0.6 is 15.9 Å². The average molecular weight is 278 g/mol. The van der Waals surface area contributed by atoms with Gasteiger partial charge in [-0.05, 0) is 37.1 Å². The number of halogens is 1. The Bertz CT molecular complexity index is 174. The zero-order valence-corrected chi connectivity index (χ0v) is 11.6. The van der Waals surface area contributed by atoms with E-state index >= 15 is 0 Å². The second kappa shape index (κ2) is 6.21. The third-order valence-corrected chi connectivity index (χ3v) is 5.16. The van der Waals surface area contributed by atoms with Crippen LogP contribution < -0.4 is 0 Å². The summed E-state index contributed by atoms with van der Waals surface area (Å²) < 4.78 is 0. The van der Waals surface area contributed by atoms with Gasteiger partial charge >= 0.3 is 0 Å². The summed E-state index contributed by atoms with van der Waals surface area (Å²) in [5.41, 5.74) is 0.435. The number of alkyl halides is 1. The molecule has 0 aromatic heterocycles. The van der Waals surface area contributed by atoms with Crippen LogP contribution in [-0.4, -0.2) is 41.6 Å². The SMILES string of the molecule is CCC(CC)(CBr)CN1CCC(CO)C1. The maximum atomic E-state index is 9.12. The highest BCUT2D eigenvalue weighted by Crippen LogP contribution is 2.31. The van der Waals surface area contributed by atoms with E-state index in [0.717, 1.165) is 11.9 Å². The third kappa shape index (κ3) is 3.43. The predicted molar refractivity (Wildman–Crippen MR) is 68.4 cm³/mol. The average Bonchev–Trinajstić information content (AvgIpc) is 2.73. The van der Waals surface area contributed by atoms with Crippen LogP contribution in [-0.2, 0) is 0 Å². The Morgan fingerprint density at radius 2 is 2.07 bits per heavy atom. The molecule has 1 unspecified atom stereocenters. The number of rotatable bonds is 6. The minimum Gasteiger partial charge on any atom is -0.396 e. The van der Waals surface area contributed by atoms with Crippen LogP contribution in [0.15, 0.2) is 0 Å². The normalized spacial score (nSPS) is 23.6. The smallest absolute Gasteiger partial charge is 0.0471 e. The van der Waals surface area contributed by atoms with E-state index in [2.05, 4.69) is 34.7 Å². The largest absolute Gasteiger partial charge is 0.396 e. The van der Waals surface area contributed by atoms with Gasteiger partial charge in [-0.3, -0.25) is 0 Å². The molecule has 1 atom stereocenters. The molecule has 1 aliphatic rings. The van der Waals surface area contributed by atoms with Crippen molar-refractivity contribution in [1.29, 1.82) is 0 Å². The molecule has 0 aromatic rings. The number of aliphatic hydroxyl groups is 1. The van der Waals surface area contributed by atoms with E-state index in [1.165, 1.54) is 32.4 Å². The third-order valence-electron chi connectivity index (χ3n) is 3.97. The van der Waals surface area contributed by atoms with Crippen molar-refractivity contribution in [3.8, 4) is 0 Å². The fraction of sp³-hybridized carbons (Fsp3) is 1.00. The molecule has 0 bridgehead atoms. The maximum Gasteiger partial charge on any atom is 0.0471 e. The van der Waals surface area contributed by atoms with Crippen molar-refractivity contribution >= 4 is 15.9 Å². The van der Waals surface area contributed by atoms with Gasteiger partial charge in [-0.1, -0.05) is 29.8 Å². The van der Waals surface area contributed by atoms with E-state index in [9.17, 15) is 0 Å². The van der Waals surface area contributed by atoms with Gasteiger partial charge in [-0.25, -0.2) is 0 Å². The van der Waals surface area contributed by atoms with Gasteiger partial charge in [-0.2, -0.15) is 0 Å². The quantitative estimate of drug-likeness (QED) is 0.755. The topological polar surface area (TPSA) is 23.5 Å². The molecule has 0 radical (unpaired) electrons. The number of hydrogen-bond acceptors (Lipinski definition) is 2. The summed E-state index contributed by atoms with van der Waals surface area (Å²) in [7, 11) is 0. The Balaban J connectivity index is 2.45. The van der Waals surface area contributed by atoms with Crippen molar-refractivity contribution in [3.63, 3.8) is 0 Å². The fourth-order valence-corrected chi connectivity index (χ4v) is 3.36. The van der Waals surface area contributed by atoms with Gasteiger partial charge in [0.15, 0.2) is 0 Å². The standard InChI is InChI=1S/C12H24BrNO/c1-3-12(4-2,9-13)10-14-6-5-11(7-14)8-15/h11,15H,3-10H2,1-2H3. The number of likely N-dealkylation sites (tertiary alicyclic amines) is 1. The van der Waals surface area contributed by atoms with Gasteiger partial charge in [0, 0.05) is 25.0 Å². The summed E-state index contributed by atoms with van der Waals surface area (Å²) in [6.45, 7) is 8.36. The van der Waals surface area contributed by atoms with Crippen molar-refractivity contribution in [3.05, 3.63) is 0 Å². The Labute approximate surface area is 102 Å². The molecule has 0 saturated carbocycles. The van der Waals surface area contributed by atoms with Crippen molar-refractivity contribution in [2.24, 2.45) is 11.3 Å². The molecule has 0 amide bonds. The molecule has 1 saturated heterocycles. The van der Waals surface area contributed by atoms with Gasteiger partial charge in [0.2, 0.25) is 0 Å². The van der Waals surface area contributed by atoms with E-state index in [-0.39, 0.29) is 0 Å². The fourth-order valence-electron chi connectivity index (χ4n) is 2.38. The molecule has 1 rings (SSSR count). The lowest BCUT2D eigenvalue weighted by Crippen LogP contribution is -2.37. The first-order chi connectivity index (χ1) is 7.19. The minimum absolute atomic E-state index is 0.357. The highest BCUT2D eigenvalue weighted by Gasteiger charge is 2.31. The van der Waals surface area contributed by atoms with Crippen LogP contribution in [0.4, 0.5) is 0 Å². The molecule has 90 valence electrons. The highest BCUT2D eigenvalue weighted by atomic mass is 79.9. The molecule has 1 aliphatic heterocycles. The Hall–Kier alpha value is 0.400. The maximum absolute atomic E-state index is 9.12. The molecule has 1 heterocycles. The molecule has 3 heteroatoms. The molecule has 0 aliphatic carbocycles. The summed E-state index contributed by atoms with van der Waals surface area (Å²) in [5.74, 6) is 0.520. The lowest BCUT2D eigenvalue weighted by molar-refractivity contribution is 0.168. The van der Waals surface area contributed by atoms with Crippen molar-refractivity contribution in [2.45, 2.75) is 33.1 Å². The van der Waals surface area contributed by atoms with Crippen molar-refractivity contribution < 1.29 is 5.11 Å². The summed E-state index contributed by atoms with van der Waals surface area (Å²) in [6, 6.07) is 0. The molecule has 2 nitrogen and oxygen atoms in total. The van der Waals surface area contributed by atoms with Crippen LogP contribution in [0.5, 0.6) is 0 Å². The van der Waals surface area contributed by atoms with Gasteiger partial charge in [0.1, 0.15) is 0 Å². The molecular weight excluding hydrogens is 254 g/mol. The molecule has 0 spiro atoms.